The third kappa shape index (κ3) is 3.30. The van der Waals surface area contributed by atoms with Crippen LogP contribution >= 0.6 is 0 Å². The minimum Gasteiger partial charge on any atom is -0.483 e. The van der Waals surface area contributed by atoms with E-state index in [1.165, 1.54) is 6.07 Å². The third-order valence-corrected chi connectivity index (χ3v) is 6.13. The van der Waals surface area contributed by atoms with Gasteiger partial charge < -0.3 is 18.8 Å². The highest BCUT2D eigenvalue weighted by Crippen LogP contribution is 2.43. The molecule has 0 spiro atoms. The van der Waals surface area contributed by atoms with Crippen molar-refractivity contribution in [2.75, 3.05) is 19.8 Å². The van der Waals surface area contributed by atoms with Gasteiger partial charge in [0, 0.05) is 17.6 Å². The van der Waals surface area contributed by atoms with Crippen LogP contribution in [-0.4, -0.2) is 46.2 Å². The first kappa shape index (κ1) is 20.8. The highest BCUT2D eigenvalue weighted by molar-refractivity contribution is 5.97. The Balaban J connectivity index is 1.71. The molecule has 5 rings (SSSR count). The fourth-order valence-electron chi connectivity index (χ4n) is 4.39. The summed E-state index contributed by atoms with van der Waals surface area (Å²) in [5.74, 6) is 0.116. The van der Waals surface area contributed by atoms with E-state index in [-0.39, 0.29) is 35.2 Å². The van der Waals surface area contributed by atoms with Crippen molar-refractivity contribution in [3.63, 3.8) is 0 Å². The lowest BCUT2D eigenvalue weighted by Gasteiger charge is -2.38. The number of hydrogen-bond donors (Lipinski definition) is 0. The summed E-state index contributed by atoms with van der Waals surface area (Å²) in [5, 5.41) is 5.80. The zero-order chi connectivity index (χ0) is 22.6. The van der Waals surface area contributed by atoms with Crippen molar-refractivity contribution >= 4 is 16.9 Å². The van der Waals surface area contributed by atoms with Gasteiger partial charge in [0.15, 0.2) is 5.43 Å². The molecule has 0 saturated carbocycles. The largest absolute Gasteiger partial charge is 0.483 e. The normalized spacial score (nSPS) is 18.1. The van der Waals surface area contributed by atoms with E-state index < -0.39 is 5.97 Å². The molecule has 8 nitrogen and oxygen atoms in total. The first-order chi connectivity index (χ1) is 15.3. The number of benzene rings is 1. The van der Waals surface area contributed by atoms with E-state index in [1.807, 2.05) is 27.4 Å². The molecule has 2 aliphatic rings. The summed E-state index contributed by atoms with van der Waals surface area (Å²) in [4.78, 5) is 25.3. The van der Waals surface area contributed by atoms with Crippen molar-refractivity contribution in [1.29, 1.82) is 0 Å². The minimum atomic E-state index is -0.595. The van der Waals surface area contributed by atoms with Crippen LogP contribution in [0, 0.1) is 5.41 Å². The van der Waals surface area contributed by atoms with Gasteiger partial charge in [-0.15, -0.1) is 0 Å². The van der Waals surface area contributed by atoms with Crippen LogP contribution in [0.3, 0.4) is 0 Å². The number of esters is 1. The number of rotatable bonds is 4. The van der Waals surface area contributed by atoms with Crippen LogP contribution in [0.25, 0.3) is 22.3 Å². The molecule has 8 heteroatoms. The van der Waals surface area contributed by atoms with Crippen LogP contribution < -0.4 is 10.2 Å². The topological polar surface area (TPSA) is 84.6 Å². The van der Waals surface area contributed by atoms with Crippen LogP contribution in [0.15, 0.2) is 35.3 Å². The molecule has 168 valence electrons. The van der Waals surface area contributed by atoms with Gasteiger partial charge in [-0.25, -0.2) is 4.79 Å². The van der Waals surface area contributed by atoms with E-state index in [4.69, 9.17) is 19.3 Å². The van der Waals surface area contributed by atoms with E-state index in [9.17, 15) is 9.59 Å². The van der Waals surface area contributed by atoms with Crippen LogP contribution in [-0.2, 0) is 16.0 Å². The Hall–Kier alpha value is -3.13. The Morgan fingerprint density at radius 2 is 2.06 bits per heavy atom. The summed E-state index contributed by atoms with van der Waals surface area (Å²) in [6.07, 6.45) is 1.68. The van der Waals surface area contributed by atoms with Gasteiger partial charge in [0.25, 0.3) is 0 Å². The summed E-state index contributed by atoms with van der Waals surface area (Å²) >= 11 is 0. The highest BCUT2D eigenvalue weighted by Gasteiger charge is 2.36. The third-order valence-electron chi connectivity index (χ3n) is 6.13. The molecule has 0 aliphatic carbocycles. The summed E-state index contributed by atoms with van der Waals surface area (Å²) in [5.41, 5.74) is 1.90. The van der Waals surface area contributed by atoms with E-state index in [1.54, 1.807) is 13.1 Å². The Labute approximate surface area is 185 Å². The molecule has 1 fully saturated rings. The molecular formula is C24H27N3O5. The molecule has 0 bridgehead atoms. The Morgan fingerprint density at radius 1 is 1.28 bits per heavy atom. The van der Waals surface area contributed by atoms with Crippen molar-refractivity contribution in [1.82, 2.24) is 14.3 Å². The summed E-state index contributed by atoms with van der Waals surface area (Å²) in [6, 6.07) is 7.36. The SMILES string of the molecule is CCOC(=O)c1cn2c(cc1=O)-c1c3cccc(OC4COC4)c3nn1CC2C(C)(C)C. The standard InChI is InChI=1S/C24H27N3O5/c1-5-31-23(29)16-10-26-17(9-18(16)28)22-15-7-6-8-19(32-14-12-30-13-14)21(15)25-27(22)11-20(26)24(2,3)4/h6-10,14,20H,5,11-13H2,1-4H3. The summed E-state index contributed by atoms with van der Waals surface area (Å²) < 4.78 is 20.4. The molecule has 1 saturated heterocycles. The monoisotopic (exact) mass is 437 g/mol. The van der Waals surface area contributed by atoms with Crippen molar-refractivity contribution in [2.45, 2.75) is 46.4 Å². The Morgan fingerprint density at radius 3 is 2.72 bits per heavy atom. The van der Waals surface area contributed by atoms with Crippen molar-refractivity contribution in [3.05, 3.63) is 46.2 Å². The van der Waals surface area contributed by atoms with Gasteiger partial charge in [-0.3, -0.25) is 9.48 Å². The van der Waals surface area contributed by atoms with Crippen LogP contribution in [0.5, 0.6) is 5.75 Å². The smallest absolute Gasteiger partial charge is 0.343 e. The van der Waals surface area contributed by atoms with Crippen molar-refractivity contribution < 1.29 is 19.0 Å². The number of pyridine rings is 1. The number of carbonyl (C=O) groups excluding carboxylic acids is 1. The zero-order valence-electron chi connectivity index (χ0n) is 18.8. The highest BCUT2D eigenvalue weighted by atomic mass is 16.6. The van der Waals surface area contributed by atoms with Crippen LogP contribution in [0.2, 0.25) is 0 Å². The van der Waals surface area contributed by atoms with Gasteiger partial charge in [-0.1, -0.05) is 32.9 Å². The molecule has 3 aromatic rings. The number of hydrogen-bond acceptors (Lipinski definition) is 6. The predicted octanol–water partition coefficient (Wildman–Crippen LogP) is 3.42. The molecule has 2 aromatic heterocycles. The average Bonchev–Trinajstić information content (AvgIpc) is 3.08. The molecule has 2 aliphatic heterocycles. The lowest BCUT2D eigenvalue weighted by Crippen LogP contribution is -2.38. The lowest BCUT2D eigenvalue weighted by atomic mass is 9.85. The molecule has 1 unspecified atom stereocenters. The zero-order valence-corrected chi connectivity index (χ0v) is 18.8. The van der Waals surface area contributed by atoms with Crippen molar-refractivity contribution in [2.24, 2.45) is 5.41 Å². The molecular weight excluding hydrogens is 410 g/mol. The summed E-state index contributed by atoms with van der Waals surface area (Å²) in [6.45, 7) is 10.1. The molecule has 4 heterocycles. The number of aromatic nitrogens is 3. The second-order valence-corrected chi connectivity index (χ2v) is 9.41. The molecule has 1 aromatic carbocycles. The van der Waals surface area contributed by atoms with Gasteiger partial charge in [-0.05, 0) is 18.4 Å². The van der Waals surface area contributed by atoms with E-state index in [0.717, 1.165) is 22.3 Å². The number of nitrogens with zero attached hydrogens (tertiary/aromatic N) is 3. The van der Waals surface area contributed by atoms with Gasteiger partial charge in [0.2, 0.25) is 0 Å². The van der Waals surface area contributed by atoms with E-state index >= 15 is 0 Å². The molecule has 0 N–H and O–H groups in total. The van der Waals surface area contributed by atoms with Gasteiger partial charge in [0.1, 0.15) is 22.9 Å². The first-order valence-electron chi connectivity index (χ1n) is 11.0. The van der Waals surface area contributed by atoms with Gasteiger partial charge in [-0.2, -0.15) is 5.10 Å². The second-order valence-electron chi connectivity index (χ2n) is 9.41. The summed E-state index contributed by atoms with van der Waals surface area (Å²) in [7, 11) is 0. The minimum absolute atomic E-state index is 0.0162. The Bertz CT molecular complexity index is 1260. The number of ether oxygens (including phenoxy) is 3. The molecule has 1 atom stereocenters. The maximum atomic E-state index is 12.9. The van der Waals surface area contributed by atoms with Gasteiger partial charge in [0.05, 0.1) is 43.8 Å². The van der Waals surface area contributed by atoms with Crippen LogP contribution in [0.4, 0.5) is 0 Å². The molecule has 0 amide bonds. The fourth-order valence-corrected chi connectivity index (χ4v) is 4.39. The maximum Gasteiger partial charge on any atom is 0.343 e. The first-order valence-corrected chi connectivity index (χ1v) is 11.0. The molecule has 0 radical (unpaired) electrons. The predicted molar refractivity (Wildman–Crippen MR) is 119 cm³/mol. The number of carbonyl (C=O) groups is 1. The number of fused-ring (bicyclic) bond motifs is 5. The maximum absolute atomic E-state index is 12.9. The van der Waals surface area contributed by atoms with Crippen molar-refractivity contribution in [3.8, 4) is 17.1 Å². The van der Waals surface area contributed by atoms with E-state index in [2.05, 4.69) is 20.8 Å². The second kappa shape index (κ2) is 7.48. The lowest BCUT2D eigenvalue weighted by molar-refractivity contribution is -0.0791. The van der Waals surface area contributed by atoms with Gasteiger partial charge >= 0.3 is 5.97 Å². The molecule has 32 heavy (non-hydrogen) atoms. The van der Waals surface area contributed by atoms with E-state index in [0.29, 0.717) is 25.5 Å². The Kier molecular flexibility index (Phi) is 4.85. The average molecular weight is 437 g/mol. The fraction of sp³-hybridized carbons (Fsp3) is 0.458. The quantitative estimate of drug-likeness (QED) is 0.582. The van der Waals surface area contributed by atoms with Crippen LogP contribution in [0.1, 0.15) is 44.1 Å².